The van der Waals surface area contributed by atoms with Gasteiger partial charge in [0.05, 0.1) is 6.20 Å². The Bertz CT molecular complexity index is 455. The summed E-state index contributed by atoms with van der Waals surface area (Å²) in [6.07, 6.45) is 3.02. The normalized spacial score (nSPS) is 9.67. The molecule has 4 heteroatoms. The van der Waals surface area contributed by atoms with Crippen molar-refractivity contribution in [3.8, 4) is 0 Å². The van der Waals surface area contributed by atoms with E-state index >= 15 is 0 Å². The number of hydrogen-bond donors (Lipinski definition) is 0. The van der Waals surface area contributed by atoms with Crippen molar-refractivity contribution in [1.82, 2.24) is 5.16 Å². The number of carbonyl (C=O) groups excluding carboxylic acids is 1. The van der Waals surface area contributed by atoms with Gasteiger partial charge in [-0.2, -0.15) is 4.99 Å². The largest absolute Gasteiger partial charge is 0.354 e. The van der Waals surface area contributed by atoms with Gasteiger partial charge >= 0.3 is 0 Å². The fraction of sp³-hybridized carbons (Fsp3) is 0. The molecular formula is C8H4N2O2. The van der Waals surface area contributed by atoms with Crippen LogP contribution in [0.4, 0.5) is 5.69 Å². The number of hydrogen-bond acceptors (Lipinski definition) is 4. The molecule has 0 saturated heterocycles. The summed E-state index contributed by atoms with van der Waals surface area (Å²) in [7, 11) is 0. The lowest BCUT2D eigenvalue weighted by Gasteiger charge is -1.88. The zero-order chi connectivity index (χ0) is 8.39. The number of isocyanates is 1. The Labute approximate surface area is 67.5 Å². The van der Waals surface area contributed by atoms with Gasteiger partial charge in [0.1, 0.15) is 5.69 Å². The molecule has 12 heavy (non-hydrogen) atoms. The van der Waals surface area contributed by atoms with Crippen molar-refractivity contribution in [2.24, 2.45) is 4.99 Å². The third kappa shape index (κ3) is 0.909. The second-order valence-electron chi connectivity index (χ2n) is 2.22. The number of fused-ring (bicyclic) bond motifs is 1. The molecule has 0 unspecified atom stereocenters. The average molecular weight is 160 g/mol. The molecule has 0 saturated carbocycles. The number of aliphatic imine (C=N–C) groups is 1. The van der Waals surface area contributed by atoms with E-state index in [0.717, 1.165) is 5.39 Å². The molecule has 1 heterocycles. The highest BCUT2D eigenvalue weighted by atomic mass is 16.5. The van der Waals surface area contributed by atoms with Crippen molar-refractivity contribution < 1.29 is 9.32 Å². The van der Waals surface area contributed by atoms with Gasteiger partial charge in [0.25, 0.3) is 0 Å². The van der Waals surface area contributed by atoms with Gasteiger partial charge in [-0.15, -0.1) is 0 Å². The maximum Gasteiger partial charge on any atom is 0.240 e. The minimum Gasteiger partial charge on any atom is -0.354 e. The van der Waals surface area contributed by atoms with Gasteiger partial charge in [0.15, 0.2) is 5.58 Å². The van der Waals surface area contributed by atoms with E-state index < -0.39 is 0 Å². The minimum atomic E-state index is 0.458. The Balaban J connectivity index is 2.81. The quantitative estimate of drug-likeness (QED) is 0.472. The molecule has 0 aliphatic carbocycles. The van der Waals surface area contributed by atoms with Crippen LogP contribution in [0.25, 0.3) is 11.0 Å². The molecule has 0 radical (unpaired) electrons. The van der Waals surface area contributed by atoms with Crippen LogP contribution in [0, 0.1) is 0 Å². The first-order valence-corrected chi connectivity index (χ1v) is 3.33. The lowest BCUT2D eigenvalue weighted by Crippen LogP contribution is -1.65. The predicted octanol–water partition coefficient (Wildman–Crippen LogP) is 1.80. The first-order chi connectivity index (χ1) is 5.92. The molecule has 4 nitrogen and oxygen atoms in total. The predicted molar refractivity (Wildman–Crippen MR) is 41.8 cm³/mol. The van der Waals surface area contributed by atoms with Crippen molar-refractivity contribution in [1.29, 1.82) is 0 Å². The Morgan fingerprint density at radius 2 is 2.42 bits per heavy atom. The number of rotatable bonds is 1. The summed E-state index contributed by atoms with van der Waals surface area (Å²) in [6.45, 7) is 0. The van der Waals surface area contributed by atoms with Crippen LogP contribution >= 0.6 is 0 Å². The molecule has 0 bridgehead atoms. The van der Waals surface area contributed by atoms with Crippen LogP contribution < -0.4 is 0 Å². The molecule has 2 rings (SSSR count). The van der Waals surface area contributed by atoms with E-state index in [9.17, 15) is 4.79 Å². The summed E-state index contributed by atoms with van der Waals surface area (Å²) in [5.41, 5.74) is 0.973. The third-order valence-corrected chi connectivity index (χ3v) is 1.53. The fourth-order valence-corrected chi connectivity index (χ4v) is 1.02. The molecule has 58 valence electrons. The van der Waals surface area contributed by atoms with E-state index in [1.807, 2.05) is 6.07 Å². The highest BCUT2D eigenvalue weighted by molar-refractivity contribution is 5.87. The van der Waals surface area contributed by atoms with Crippen LogP contribution in [0.2, 0.25) is 0 Å². The molecule has 0 atom stereocenters. The molecular weight excluding hydrogens is 156 g/mol. The zero-order valence-corrected chi connectivity index (χ0v) is 6.02. The minimum absolute atomic E-state index is 0.458. The average Bonchev–Trinajstić information content (AvgIpc) is 2.53. The summed E-state index contributed by atoms with van der Waals surface area (Å²) < 4.78 is 4.88. The molecule has 0 aliphatic rings. The molecule has 0 spiro atoms. The lowest BCUT2D eigenvalue weighted by atomic mass is 10.2. The smallest absolute Gasteiger partial charge is 0.240 e. The van der Waals surface area contributed by atoms with Crippen molar-refractivity contribution in [3.63, 3.8) is 0 Å². The molecule has 1 aromatic heterocycles. The SMILES string of the molecule is O=C=Nc1cccc2cnoc12. The number of aromatic nitrogens is 1. The van der Waals surface area contributed by atoms with Gasteiger partial charge in [-0.1, -0.05) is 11.2 Å². The van der Waals surface area contributed by atoms with Gasteiger partial charge in [0.2, 0.25) is 6.08 Å². The van der Waals surface area contributed by atoms with E-state index in [-0.39, 0.29) is 0 Å². The summed E-state index contributed by atoms with van der Waals surface area (Å²) in [5.74, 6) is 0. The van der Waals surface area contributed by atoms with Crippen LogP contribution in [0.3, 0.4) is 0 Å². The summed E-state index contributed by atoms with van der Waals surface area (Å²) >= 11 is 0. The first-order valence-electron chi connectivity index (χ1n) is 3.33. The summed E-state index contributed by atoms with van der Waals surface area (Å²) in [6, 6.07) is 5.27. The fourth-order valence-electron chi connectivity index (χ4n) is 1.02. The van der Waals surface area contributed by atoms with Crippen molar-refractivity contribution >= 4 is 22.7 Å². The maximum atomic E-state index is 9.99. The molecule has 0 N–H and O–H groups in total. The van der Waals surface area contributed by atoms with Crippen molar-refractivity contribution in [2.45, 2.75) is 0 Å². The van der Waals surface area contributed by atoms with Gasteiger partial charge in [-0.3, -0.25) is 0 Å². The maximum absolute atomic E-state index is 9.99. The molecule has 2 aromatic rings. The van der Waals surface area contributed by atoms with E-state index in [1.165, 1.54) is 6.08 Å². The van der Waals surface area contributed by atoms with E-state index in [4.69, 9.17) is 4.52 Å². The number of para-hydroxylation sites is 1. The number of benzene rings is 1. The Morgan fingerprint density at radius 3 is 3.25 bits per heavy atom. The Hall–Kier alpha value is -1.93. The van der Waals surface area contributed by atoms with Crippen molar-refractivity contribution in [3.05, 3.63) is 24.4 Å². The second-order valence-corrected chi connectivity index (χ2v) is 2.22. The van der Waals surface area contributed by atoms with Crippen LogP contribution in [0.5, 0.6) is 0 Å². The van der Waals surface area contributed by atoms with E-state index in [1.54, 1.807) is 18.3 Å². The topological polar surface area (TPSA) is 55.5 Å². The highest BCUT2D eigenvalue weighted by Gasteiger charge is 2.02. The summed E-state index contributed by atoms with van der Waals surface area (Å²) in [4.78, 5) is 13.5. The van der Waals surface area contributed by atoms with Crippen LogP contribution in [0.15, 0.2) is 33.9 Å². The standard InChI is InChI=1S/C8H4N2O2/c11-5-9-7-3-1-2-6-4-10-12-8(6)7/h1-4H. The first kappa shape index (κ1) is 6.76. The monoisotopic (exact) mass is 160 g/mol. The van der Waals surface area contributed by atoms with Crippen LogP contribution in [-0.2, 0) is 4.79 Å². The second kappa shape index (κ2) is 2.60. The van der Waals surface area contributed by atoms with Gasteiger partial charge < -0.3 is 4.52 Å². The zero-order valence-electron chi connectivity index (χ0n) is 6.02. The highest BCUT2D eigenvalue weighted by Crippen LogP contribution is 2.24. The van der Waals surface area contributed by atoms with Gasteiger partial charge in [-0.05, 0) is 12.1 Å². The number of nitrogens with zero attached hydrogens (tertiary/aromatic N) is 2. The molecule has 1 aromatic carbocycles. The van der Waals surface area contributed by atoms with E-state index in [0.29, 0.717) is 11.3 Å². The van der Waals surface area contributed by atoms with Gasteiger partial charge in [0, 0.05) is 5.39 Å². The van der Waals surface area contributed by atoms with Crippen molar-refractivity contribution in [2.75, 3.05) is 0 Å². The third-order valence-electron chi connectivity index (χ3n) is 1.53. The van der Waals surface area contributed by atoms with Crippen LogP contribution in [-0.4, -0.2) is 11.2 Å². The Morgan fingerprint density at radius 1 is 1.50 bits per heavy atom. The molecule has 0 aliphatic heterocycles. The molecule has 0 amide bonds. The summed E-state index contributed by atoms with van der Waals surface area (Å²) in [5, 5.41) is 4.40. The molecule has 0 fully saturated rings. The van der Waals surface area contributed by atoms with Gasteiger partial charge in [-0.25, -0.2) is 4.79 Å². The van der Waals surface area contributed by atoms with Crippen LogP contribution in [0.1, 0.15) is 0 Å². The Kier molecular flexibility index (Phi) is 1.47. The van der Waals surface area contributed by atoms with E-state index in [2.05, 4.69) is 10.1 Å². The lowest BCUT2D eigenvalue weighted by molar-refractivity contribution is 0.457.